The molecule has 0 aromatic carbocycles. The fourth-order valence-corrected chi connectivity index (χ4v) is 1.79. The van der Waals surface area contributed by atoms with Gasteiger partial charge in [-0.25, -0.2) is 0 Å². The topological polar surface area (TPSA) is 23.5 Å². The van der Waals surface area contributed by atoms with Crippen molar-refractivity contribution in [2.75, 3.05) is 7.11 Å². The zero-order chi connectivity index (χ0) is 10.3. The minimum absolute atomic E-state index is 0.667. The SMILES string of the molecule is CC(C)N(C(C)C)C(C)C.CO. The first-order valence-corrected chi connectivity index (χ1v) is 4.69. The first-order chi connectivity index (χ1) is 5.46. The lowest BCUT2D eigenvalue weighted by Crippen LogP contribution is -2.42. The van der Waals surface area contributed by atoms with E-state index in [9.17, 15) is 0 Å². The van der Waals surface area contributed by atoms with Gasteiger partial charge < -0.3 is 5.11 Å². The molecule has 0 radical (unpaired) electrons. The Kier molecular flexibility index (Phi) is 9.10. The van der Waals surface area contributed by atoms with Crippen LogP contribution in [0.4, 0.5) is 0 Å². The van der Waals surface area contributed by atoms with Gasteiger partial charge in [0.05, 0.1) is 0 Å². The van der Waals surface area contributed by atoms with Gasteiger partial charge in [-0.15, -0.1) is 0 Å². The minimum atomic E-state index is 0.667. The van der Waals surface area contributed by atoms with E-state index < -0.39 is 0 Å². The predicted molar refractivity (Wildman–Crippen MR) is 55.4 cm³/mol. The smallest absolute Gasteiger partial charge is 0.0319 e. The second-order valence-electron chi connectivity index (χ2n) is 3.73. The highest BCUT2D eigenvalue weighted by Crippen LogP contribution is 2.08. The second-order valence-corrected chi connectivity index (χ2v) is 3.73. The Morgan fingerprint density at radius 2 is 0.833 bits per heavy atom. The maximum atomic E-state index is 7.00. The lowest BCUT2D eigenvalue weighted by Gasteiger charge is -2.34. The van der Waals surface area contributed by atoms with E-state index in [2.05, 4.69) is 46.4 Å². The largest absolute Gasteiger partial charge is 0.400 e. The molecule has 0 unspecified atom stereocenters. The normalized spacial score (nSPS) is 11.0. The summed E-state index contributed by atoms with van der Waals surface area (Å²) in [4.78, 5) is 2.50. The molecule has 0 atom stereocenters. The molecule has 2 nitrogen and oxygen atoms in total. The summed E-state index contributed by atoms with van der Waals surface area (Å²) in [5, 5.41) is 7.00. The number of aliphatic hydroxyl groups is 1. The zero-order valence-corrected chi connectivity index (χ0v) is 9.63. The second kappa shape index (κ2) is 7.56. The van der Waals surface area contributed by atoms with Gasteiger partial charge in [0, 0.05) is 25.2 Å². The molecule has 0 spiro atoms. The number of rotatable bonds is 3. The quantitative estimate of drug-likeness (QED) is 0.710. The van der Waals surface area contributed by atoms with Crippen LogP contribution >= 0.6 is 0 Å². The summed E-state index contributed by atoms with van der Waals surface area (Å²) in [6.45, 7) is 13.5. The average Bonchev–Trinajstić information content (AvgIpc) is 1.88. The van der Waals surface area contributed by atoms with Crippen molar-refractivity contribution in [3.63, 3.8) is 0 Å². The van der Waals surface area contributed by atoms with Crippen LogP contribution < -0.4 is 0 Å². The summed E-state index contributed by atoms with van der Waals surface area (Å²) in [7, 11) is 1.00. The molecule has 0 aliphatic rings. The zero-order valence-electron chi connectivity index (χ0n) is 9.63. The van der Waals surface area contributed by atoms with Gasteiger partial charge >= 0.3 is 0 Å². The molecule has 0 aromatic rings. The van der Waals surface area contributed by atoms with Crippen molar-refractivity contribution in [3.8, 4) is 0 Å². The van der Waals surface area contributed by atoms with E-state index in [4.69, 9.17) is 5.11 Å². The van der Waals surface area contributed by atoms with Crippen LogP contribution in [0.15, 0.2) is 0 Å². The van der Waals surface area contributed by atoms with Crippen LogP contribution in [-0.2, 0) is 0 Å². The van der Waals surface area contributed by atoms with E-state index in [1.54, 1.807) is 0 Å². The first-order valence-electron chi connectivity index (χ1n) is 4.69. The minimum Gasteiger partial charge on any atom is -0.400 e. The molecular weight excluding hydrogens is 150 g/mol. The van der Waals surface area contributed by atoms with Gasteiger partial charge in [-0.2, -0.15) is 0 Å². The maximum absolute atomic E-state index is 7.00. The highest BCUT2D eigenvalue weighted by atomic mass is 16.2. The molecule has 2 heteroatoms. The molecule has 0 heterocycles. The highest BCUT2D eigenvalue weighted by Gasteiger charge is 2.15. The summed E-state index contributed by atoms with van der Waals surface area (Å²) in [5.41, 5.74) is 0. The van der Waals surface area contributed by atoms with Crippen molar-refractivity contribution in [2.45, 2.75) is 59.7 Å². The van der Waals surface area contributed by atoms with Gasteiger partial charge in [-0.05, 0) is 41.5 Å². The Balaban J connectivity index is 0. The third-order valence-electron chi connectivity index (χ3n) is 1.79. The molecule has 0 bridgehead atoms. The number of hydrogen-bond acceptors (Lipinski definition) is 2. The van der Waals surface area contributed by atoms with Gasteiger partial charge in [0.1, 0.15) is 0 Å². The molecular formula is C10H25NO. The van der Waals surface area contributed by atoms with E-state index in [1.165, 1.54) is 0 Å². The Morgan fingerprint density at radius 1 is 0.667 bits per heavy atom. The fraction of sp³-hybridized carbons (Fsp3) is 1.00. The van der Waals surface area contributed by atoms with Gasteiger partial charge in [0.2, 0.25) is 0 Å². The van der Waals surface area contributed by atoms with Crippen molar-refractivity contribution in [1.82, 2.24) is 4.90 Å². The number of nitrogens with zero attached hydrogens (tertiary/aromatic N) is 1. The first kappa shape index (κ1) is 14.4. The predicted octanol–water partition coefficient (Wildman–Crippen LogP) is 2.12. The van der Waals surface area contributed by atoms with E-state index >= 15 is 0 Å². The molecule has 0 saturated heterocycles. The maximum Gasteiger partial charge on any atom is 0.0319 e. The van der Waals surface area contributed by atoms with E-state index in [-0.39, 0.29) is 0 Å². The summed E-state index contributed by atoms with van der Waals surface area (Å²) >= 11 is 0. The van der Waals surface area contributed by atoms with Crippen LogP contribution in [0, 0.1) is 0 Å². The van der Waals surface area contributed by atoms with Gasteiger partial charge in [-0.1, -0.05) is 0 Å². The number of aliphatic hydroxyl groups excluding tert-OH is 1. The molecule has 76 valence electrons. The molecule has 0 aromatic heterocycles. The third kappa shape index (κ3) is 5.56. The van der Waals surface area contributed by atoms with Crippen LogP contribution in [0.25, 0.3) is 0 Å². The van der Waals surface area contributed by atoms with Crippen LogP contribution in [0.2, 0.25) is 0 Å². The molecule has 0 aliphatic heterocycles. The molecule has 0 amide bonds. The van der Waals surface area contributed by atoms with Gasteiger partial charge in [0.15, 0.2) is 0 Å². The molecule has 0 saturated carbocycles. The third-order valence-corrected chi connectivity index (χ3v) is 1.79. The number of hydrogen-bond donors (Lipinski definition) is 1. The monoisotopic (exact) mass is 175 g/mol. The average molecular weight is 175 g/mol. The Labute approximate surface area is 77.6 Å². The van der Waals surface area contributed by atoms with Crippen molar-refractivity contribution >= 4 is 0 Å². The van der Waals surface area contributed by atoms with Crippen LogP contribution in [0.5, 0.6) is 0 Å². The fourth-order valence-electron chi connectivity index (χ4n) is 1.79. The molecule has 0 rings (SSSR count). The molecule has 0 aliphatic carbocycles. The standard InChI is InChI=1S/C9H21N.CH4O/c1-7(2)10(8(3)4)9(5)6;1-2/h7-9H,1-6H3;2H,1H3. The lowest BCUT2D eigenvalue weighted by molar-refractivity contribution is 0.133. The molecule has 1 N–H and O–H groups in total. The summed E-state index contributed by atoms with van der Waals surface area (Å²) in [6.07, 6.45) is 0. The molecule has 12 heavy (non-hydrogen) atoms. The lowest BCUT2D eigenvalue weighted by atomic mass is 10.2. The van der Waals surface area contributed by atoms with Crippen LogP contribution in [0.1, 0.15) is 41.5 Å². The van der Waals surface area contributed by atoms with Gasteiger partial charge in [0.25, 0.3) is 0 Å². The highest BCUT2D eigenvalue weighted by molar-refractivity contribution is 4.70. The Bertz CT molecular complexity index is 70.8. The van der Waals surface area contributed by atoms with Crippen molar-refractivity contribution in [1.29, 1.82) is 0 Å². The van der Waals surface area contributed by atoms with Crippen molar-refractivity contribution in [2.24, 2.45) is 0 Å². The van der Waals surface area contributed by atoms with Crippen molar-refractivity contribution in [3.05, 3.63) is 0 Å². The van der Waals surface area contributed by atoms with E-state index in [0.29, 0.717) is 18.1 Å². The van der Waals surface area contributed by atoms with Gasteiger partial charge in [-0.3, -0.25) is 4.90 Å². The summed E-state index contributed by atoms with van der Waals surface area (Å²) in [6, 6.07) is 2.00. The molecule has 0 fully saturated rings. The summed E-state index contributed by atoms with van der Waals surface area (Å²) < 4.78 is 0. The Morgan fingerprint density at radius 3 is 0.833 bits per heavy atom. The van der Waals surface area contributed by atoms with E-state index in [1.807, 2.05) is 0 Å². The van der Waals surface area contributed by atoms with Crippen LogP contribution in [-0.4, -0.2) is 35.2 Å². The van der Waals surface area contributed by atoms with Crippen molar-refractivity contribution < 1.29 is 5.11 Å². The Hall–Kier alpha value is -0.0800. The summed E-state index contributed by atoms with van der Waals surface area (Å²) in [5.74, 6) is 0. The van der Waals surface area contributed by atoms with E-state index in [0.717, 1.165) is 7.11 Å². The van der Waals surface area contributed by atoms with Crippen LogP contribution in [0.3, 0.4) is 0 Å².